The van der Waals surface area contributed by atoms with E-state index in [2.05, 4.69) is 0 Å². The molecule has 2 aromatic carbocycles. The van der Waals surface area contributed by atoms with Crippen molar-refractivity contribution in [1.29, 1.82) is 0 Å². The molecule has 1 atom stereocenters. The number of esters is 1. The van der Waals surface area contributed by atoms with E-state index in [0.29, 0.717) is 24.4 Å². The van der Waals surface area contributed by atoms with Gasteiger partial charge in [0.2, 0.25) is 11.8 Å². The van der Waals surface area contributed by atoms with Gasteiger partial charge in [0.15, 0.2) is 0 Å². The zero-order valence-electron chi connectivity index (χ0n) is 17.0. The van der Waals surface area contributed by atoms with Crippen molar-refractivity contribution < 1.29 is 19.1 Å². The van der Waals surface area contributed by atoms with Gasteiger partial charge in [0.1, 0.15) is 17.2 Å². The molecular formula is C23H26N2O4. The van der Waals surface area contributed by atoms with Crippen LogP contribution in [0.4, 0.5) is 0 Å². The molecule has 0 aliphatic carbocycles. The Labute approximate surface area is 170 Å². The lowest BCUT2D eigenvalue weighted by Crippen LogP contribution is -2.39. The highest BCUT2D eigenvalue weighted by molar-refractivity contribution is 6.02. The molecule has 29 heavy (non-hydrogen) atoms. The Bertz CT molecular complexity index is 933. The quantitative estimate of drug-likeness (QED) is 0.759. The van der Waals surface area contributed by atoms with Crippen molar-refractivity contribution in [2.75, 3.05) is 19.7 Å². The molecule has 3 rings (SSSR count). The van der Waals surface area contributed by atoms with Crippen molar-refractivity contribution in [2.24, 2.45) is 5.73 Å². The first-order valence-corrected chi connectivity index (χ1v) is 9.84. The van der Waals surface area contributed by atoms with Crippen molar-refractivity contribution in [1.82, 2.24) is 4.90 Å². The predicted molar refractivity (Wildman–Crippen MR) is 111 cm³/mol. The number of nitrogens with zero attached hydrogens (tertiary/aromatic N) is 1. The van der Waals surface area contributed by atoms with Crippen LogP contribution < -0.4 is 10.5 Å². The third-order valence-electron chi connectivity index (χ3n) is 5.02. The Hall–Kier alpha value is -3.28. The summed E-state index contributed by atoms with van der Waals surface area (Å²) in [5.41, 5.74) is 8.67. The van der Waals surface area contributed by atoms with Crippen LogP contribution >= 0.6 is 0 Å². The summed E-state index contributed by atoms with van der Waals surface area (Å²) < 4.78 is 10.9. The number of benzene rings is 2. The lowest BCUT2D eigenvalue weighted by atomic mass is 9.85. The molecule has 2 aromatic rings. The molecule has 1 unspecified atom stereocenters. The van der Waals surface area contributed by atoms with Crippen LogP contribution in [0.5, 0.6) is 5.75 Å². The average Bonchev–Trinajstić information content (AvgIpc) is 2.74. The predicted octanol–water partition coefficient (Wildman–Crippen LogP) is 3.43. The van der Waals surface area contributed by atoms with Crippen molar-refractivity contribution in [3.8, 4) is 16.9 Å². The van der Waals surface area contributed by atoms with Crippen LogP contribution in [0.1, 0.15) is 32.3 Å². The number of hydrogen-bond donors (Lipinski definition) is 1. The first-order valence-electron chi connectivity index (χ1n) is 9.84. The largest absolute Gasteiger partial charge is 0.462 e. The standard InChI is InChI=1S/C23H26N2O4/c1-4-25(5-2)22(26)19-17-14-16(15-10-8-7-9-11-15)12-13-18(17)29-21(24)20(19)23(27)28-6-3/h7-14,19H,4-6,24H2,1-3H3. The van der Waals surface area contributed by atoms with E-state index in [-0.39, 0.29) is 24.0 Å². The number of carbonyl (C=O) groups is 2. The Morgan fingerprint density at radius 1 is 1.03 bits per heavy atom. The van der Waals surface area contributed by atoms with Gasteiger partial charge in [-0.2, -0.15) is 0 Å². The highest BCUT2D eigenvalue weighted by Crippen LogP contribution is 2.41. The first-order chi connectivity index (χ1) is 14.0. The second-order valence-corrected chi connectivity index (χ2v) is 6.66. The summed E-state index contributed by atoms with van der Waals surface area (Å²) in [4.78, 5) is 27.8. The molecule has 1 amide bonds. The molecule has 0 spiro atoms. The highest BCUT2D eigenvalue weighted by atomic mass is 16.5. The SMILES string of the molecule is CCOC(=O)C1=C(N)Oc2ccc(-c3ccccc3)cc2C1C(=O)N(CC)CC. The number of hydrogen-bond acceptors (Lipinski definition) is 5. The fourth-order valence-electron chi connectivity index (χ4n) is 3.55. The maximum Gasteiger partial charge on any atom is 0.340 e. The molecule has 1 aliphatic rings. The molecule has 6 heteroatoms. The normalized spacial score (nSPS) is 15.3. The summed E-state index contributed by atoms with van der Waals surface area (Å²) in [6, 6.07) is 15.4. The minimum absolute atomic E-state index is 0.0569. The first kappa shape index (κ1) is 20.5. The van der Waals surface area contributed by atoms with Crippen LogP contribution in [0.15, 0.2) is 60.0 Å². The van der Waals surface area contributed by atoms with Gasteiger partial charge < -0.3 is 20.1 Å². The molecule has 2 N–H and O–H groups in total. The molecule has 6 nitrogen and oxygen atoms in total. The minimum Gasteiger partial charge on any atom is -0.462 e. The van der Waals surface area contributed by atoms with E-state index in [1.54, 1.807) is 17.9 Å². The van der Waals surface area contributed by atoms with Crippen molar-refractivity contribution >= 4 is 11.9 Å². The van der Waals surface area contributed by atoms with E-state index >= 15 is 0 Å². The monoisotopic (exact) mass is 394 g/mol. The van der Waals surface area contributed by atoms with Crippen molar-refractivity contribution in [2.45, 2.75) is 26.7 Å². The lowest BCUT2D eigenvalue weighted by molar-refractivity contribution is -0.141. The van der Waals surface area contributed by atoms with Crippen LogP contribution in [0.3, 0.4) is 0 Å². The molecule has 0 fully saturated rings. The highest BCUT2D eigenvalue weighted by Gasteiger charge is 2.40. The van der Waals surface area contributed by atoms with Gasteiger partial charge in [0, 0.05) is 18.7 Å². The van der Waals surface area contributed by atoms with Crippen molar-refractivity contribution in [3.05, 3.63) is 65.6 Å². The maximum absolute atomic E-state index is 13.4. The van der Waals surface area contributed by atoms with Gasteiger partial charge in [-0.3, -0.25) is 4.79 Å². The van der Waals surface area contributed by atoms with Crippen LogP contribution in [0, 0.1) is 0 Å². The van der Waals surface area contributed by atoms with Gasteiger partial charge in [0.25, 0.3) is 0 Å². The number of likely N-dealkylation sites (N-methyl/N-ethyl adjacent to an activating group) is 1. The van der Waals surface area contributed by atoms with Gasteiger partial charge in [-0.05, 0) is 44.0 Å². The number of fused-ring (bicyclic) bond motifs is 1. The number of rotatable bonds is 6. The third kappa shape index (κ3) is 3.97. The summed E-state index contributed by atoms with van der Waals surface area (Å²) in [6.07, 6.45) is 0. The van der Waals surface area contributed by atoms with Crippen LogP contribution in [-0.4, -0.2) is 36.5 Å². The molecule has 1 aliphatic heterocycles. The molecule has 0 saturated carbocycles. The number of carbonyl (C=O) groups excluding carboxylic acids is 2. The van der Waals surface area contributed by atoms with Crippen LogP contribution in [0.25, 0.3) is 11.1 Å². The molecule has 1 heterocycles. The van der Waals surface area contributed by atoms with E-state index in [0.717, 1.165) is 11.1 Å². The Balaban J connectivity index is 2.16. The van der Waals surface area contributed by atoms with Crippen molar-refractivity contribution in [3.63, 3.8) is 0 Å². The summed E-state index contributed by atoms with van der Waals surface area (Å²) in [6.45, 7) is 6.74. The van der Waals surface area contributed by atoms with Gasteiger partial charge in [-0.1, -0.05) is 36.4 Å². The molecule has 0 radical (unpaired) electrons. The molecule has 0 bridgehead atoms. The number of nitrogens with two attached hydrogens (primary N) is 1. The Morgan fingerprint density at radius 3 is 2.34 bits per heavy atom. The summed E-state index contributed by atoms with van der Waals surface area (Å²) in [5.74, 6) is -1.32. The maximum atomic E-state index is 13.4. The number of amides is 1. The van der Waals surface area contributed by atoms with E-state index in [1.807, 2.05) is 56.3 Å². The zero-order valence-corrected chi connectivity index (χ0v) is 17.0. The second kappa shape index (κ2) is 8.82. The minimum atomic E-state index is -0.874. The summed E-state index contributed by atoms with van der Waals surface area (Å²) in [7, 11) is 0. The third-order valence-corrected chi connectivity index (χ3v) is 5.02. The van der Waals surface area contributed by atoms with E-state index in [1.165, 1.54) is 0 Å². The zero-order chi connectivity index (χ0) is 21.0. The summed E-state index contributed by atoms with van der Waals surface area (Å²) in [5, 5.41) is 0. The average molecular weight is 394 g/mol. The fourth-order valence-corrected chi connectivity index (χ4v) is 3.55. The van der Waals surface area contributed by atoms with Gasteiger partial charge >= 0.3 is 5.97 Å². The molecule has 0 saturated heterocycles. The lowest BCUT2D eigenvalue weighted by Gasteiger charge is -2.31. The molecule has 152 valence electrons. The van der Waals surface area contributed by atoms with E-state index in [4.69, 9.17) is 15.2 Å². The van der Waals surface area contributed by atoms with E-state index in [9.17, 15) is 9.59 Å². The van der Waals surface area contributed by atoms with Gasteiger partial charge in [-0.25, -0.2) is 4.79 Å². The van der Waals surface area contributed by atoms with E-state index < -0.39 is 11.9 Å². The summed E-state index contributed by atoms with van der Waals surface area (Å²) >= 11 is 0. The second-order valence-electron chi connectivity index (χ2n) is 6.66. The topological polar surface area (TPSA) is 81.9 Å². The molecular weight excluding hydrogens is 368 g/mol. The number of ether oxygens (including phenoxy) is 2. The van der Waals surface area contributed by atoms with Gasteiger partial charge in [-0.15, -0.1) is 0 Å². The fraction of sp³-hybridized carbons (Fsp3) is 0.304. The van der Waals surface area contributed by atoms with Gasteiger partial charge in [0.05, 0.1) is 6.61 Å². The Kier molecular flexibility index (Phi) is 6.22. The molecule has 0 aromatic heterocycles. The smallest absolute Gasteiger partial charge is 0.340 e. The van der Waals surface area contributed by atoms with Crippen LogP contribution in [-0.2, 0) is 14.3 Å². The van der Waals surface area contributed by atoms with Crippen LogP contribution in [0.2, 0.25) is 0 Å². The Morgan fingerprint density at radius 2 is 1.72 bits per heavy atom.